The molecule has 1 N–H and O–H groups in total. The van der Waals surface area contributed by atoms with Gasteiger partial charge in [0.2, 0.25) is 5.91 Å². The van der Waals surface area contributed by atoms with E-state index in [1.807, 2.05) is 0 Å². The number of sulfone groups is 1. The van der Waals surface area contributed by atoms with E-state index in [0.717, 1.165) is 4.47 Å². The Hall–Kier alpha value is -1.67. The van der Waals surface area contributed by atoms with Crippen molar-refractivity contribution in [3.8, 4) is 0 Å². The highest BCUT2D eigenvalue weighted by molar-refractivity contribution is 9.10. The summed E-state index contributed by atoms with van der Waals surface area (Å²) in [6.07, 6.45) is 1.66. The van der Waals surface area contributed by atoms with Gasteiger partial charge in [0.05, 0.1) is 4.90 Å². The van der Waals surface area contributed by atoms with E-state index < -0.39 is 20.5 Å². The Morgan fingerprint density at radius 2 is 1.82 bits per heavy atom. The van der Waals surface area contributed by atoms with E-state index in [2.05, 4.69) is 26.3 Å². The van der Waals surface area contributed by atoms with Gasteiger partial charge in [-0.2, -0.15) is 5.10 Å². The van der Waals surface area contributed by atoms with Gasteiger partial charge in [0.25, 0.3) is 0 Å². The number of anilines is 1. The summed E-state index contributed by atoms with van der Waals surface area (Å²) in [6.45, 7) is 2.76. The molecule has 0 spiro atoms. The molecule has 1 aromatic carbocycles. The number of nitrogens with zero attached hydrogens (tertiary/aromatic N) is 2. The molecule has 1 heterocycles. The highest BCUT2D eigenvalue weighted by atomic mass is 79.9. The molecule has 0 aliphatic heterocycles. The molecule has 22 heavy (non-hydrogen) atoms. The molecular weight excluding hydrogens is 370 g/mol. The summed E-state index contributed by atoms with van der Waals surface area (Å²) in [5.41, 5.74) is 0. The van der Waals surface area contributed by atoms with Crippen molar-refractivity contribution in [3.63, 3.8) is 0 Å². The molecule has 2 rings (SSSR count). The average molecular weight is 386 g/mol. The third kappa shape index (κ3) is 3.07. The van der Waals surface area contributed by atoms with Crippen molar-refractivity contribution in [1.29, 1.82) is 0 Å². The molecule has 118 valence electrons. The molecule has 0 bridgehead atoms. The number of hydrogen-bond acceptors (Lipinski definition) is 4. The second-order valence-corrected chi connectivity index (χ2v) is 8.71. The van der Waals surface area contributed by atoms with Crippen LogP contribution in [0.4, 0.5) is 5.82 Å². The molecule has 8 heteroatoms. The zero-order valence-corrected chi connectivity index (χ0v) is 14.8. The number of hydrogen-bond donors (Lipinski definition) is 1. The molecule has 0 unspecified atom stereocenters. The van der Waals surface area contributed by atoms with Gasteiger partial charge in [-0.25, -0.2) is 8.42 Å². The van der Waals surface area contributed by atoms with Crippen LogP contribution in [0.5, 0.6) is 0 Å². The lowest BCUT2D eigenvalue weighted by Crippen LogP contribution is -2.44. The van der Waals surface area contributed by atoms with Gasteiger partial charge in [-0.05, 0) is 38.1 Å². The van der Waals surface area contributed by atoms with Gasteiger partial charge in [-0.1, -0.05) is 15.9 Å². The first-order valence-corrected chi connectivity index (χ1v) is 8.73. The van der Waals surface area contributed by atoms with E-state index in [4.69, 9.17) is 0 Å². The normalized spacial score (nSPS) is 12.2. The Bertz CT molecular complexity index is 795. The summed E-state index contributed by atoms with van der Waals surface area (Å²) in [6, 6.07) is 7.78. The van der Waals surface area contributed by atoms with Crippen LogP contribution in [-0.4, -0.2) is 28.9 Å². The second-order valence-electron chi connectivity index (χ2n) is 5.30. The number of carbonyl (C=O) groups excluding carboxylic acids is 1. The second kappa shape index (κ2) is 5.85. The smallest absolute Gasteiger partial charge is 0.246 e. The number of nitrogens with one attached hydrogen (secondary N) is 1. The van der Waals surface area contributed by atoms with Gasteiger partial charge in [0.15, 0.2) is 15.7 Å². The Labute approximate surface area is 137 Å². The topological polar surface area (TPSA) is 81.1 Å². The Morgan fingerprint density at radius 3 is 2.32 bits per heavy atom. The first-order chi connectivity index (χ1) is 10.1. The van der Waals surface area contributed by atoms with Gasteiger partial charge >= 0.3 is 0 Å². The summed E-state index contributed by atoms with van der Waals surface area (Å²) in [7, 11) is -2.13. The van der Waals surface area contributed by atoms with Crippen LogP contribution in [0, 0.1) is 0 Å². The Kier molecular flexibility index (Phi) is 4.44. The Morgan fingerprint density at radius 1 is 1.23 bits per heavy atom. The average Bonchev–Trinajstić information content (AvgIpc) is 2.84. The number of amides is 1. The number of aromatic nitrogens is 2. The molecule has 0 aliphatic rings. The molecule has 0 saturated heterocycles. The summed E-state index contributed by atoms with van der Waals surface area (Å²) < 4.78 is 26.1. The molecule has 0 fully saturated rings. The van der Waals surface area contributed by atoms with Crippen LogP contribution < -0.4 is 5.32 Å². The van der Waals surface area contributed by atoms with E-state index in [-0.39, 0.29) is 4.90 Å². The lowest BCUT2D eigenvalue weighted by Gasteiger charge is -2.23. The summed E-state index contributed by atoms with van der Waals surface area (Å²) in [5, 5.41) is 6.55. The number of rotatable bonds is 4. The summed E-state index contributed by atoms with van der Waals surface area (Å²) in [5.74, 6) is -0.319. The van der Waals surface area contributed by atoms with Crippen LogP contribution >= 0.6 is 15.9 Å². The van der Waals surface area contributed by atoms with Crippen molar-refractivity contribution in [2.45, 2.75) is 23.5 Å². The molecule has 0 aliphatic carbocycles. The lowest BCUT2D eigenvalue weighted by atomic mass is 10.2. The van der Waals surface area contributed by atoms with Crippen molar-refractivity contribution in [2.24, 2.45) is 7.05 Å². The summed E-state index contributed by atoms with van der Waals surface area (Å²) in [4.78, 5) is 12.5. The van der Waals surface area contributed by atoms with Gasteiger partial charge in [0.1, 0.15) is 4.75 Å². The third-order valence-electron chi connectivity index (χ3n) is 3.30. The van der Waals surface area contributed by atoms with Crippen LogP contribution in [0.2, 0.25) is 0 Å². The lowest BCUT2D eigenvalue weighted by molar-refractivity contribution is -0.117. The van der Waals surface area contributed by atoms with Gasteiger partial charge in [-0.3, -0.25) is 9.48 Å². The van der Waals surface area contributed by atoms with Crippen molar-refractivity contribution in [3.05, 3.63) is 41.0 Å². The predicted octanol–water partition coefficient (Wildman–Crippen LogP) is 2.37. The van der Waals surface area contributed by atoms with E-state index in [1.165, 1.54) is 30.7 Å². The number of benzene rings is 1. The van der Waals surface area contributed by atoms with Crippen LogP contribution in [0.15, 0.2) is 45.9 Å². The third-order valence-corrected chi connectivity index (χ3v) is 6.25. The van der Waals surface area contributed by atoms with Crippen LogP contribution in [0.3, 0.4) is 0 Å². The quantitative estimate of drug-likeness (QED) is 0.875. The van der Waals surface area contributed by atoms with Crippen LogP contribution in [0.1, 0.15) is 13.8 Å². The first kappa shape index (κ1) is 16.7. The minimum atomic E-state index is -3.84. The zero-order chi connectivity index (χ0) is 16.5. The fraction of sp³-hybridized carbons (Fsp3) is 0.286. The molecule has 0 atom stereocenters. The number of aryl methyl sites for hydroxylation is 1. The van der Waals surface area contributed by atoms with Crippen LogP contribution in [-0.2, 0) is 21.7 Å². The molecule has 1 amide bonds. The van der Waals surface area contributed by atoms with Gasteiger partial charge < -0.3 is 5.32 Å². The largest absolute Gasteiger partial charge is 0.308 e. The fourth-order valence-corrected chi connectivity index (χ4v) is 3.42. The monoisotopic (exact) mass is 385 g/mol. The fourth-order valence-electron chi connectivity index (χ4n) is 1.78. The zero-order valence-electron chi connectivity index (χ0n) is 12.4. The van der Waals surface area contributed by atoms with Crippen molar-refractivity contribution in [2.75, 3.05) is 5.32 Å². The van der Waals surface area contributed by atoms with Gasteiger partial charge in [-0.15, -0.1) is 0 Å². The van der Waals surface area contributed by atoms with Crippen LogP contribution in [0.25, 0.3) is 0 Å². The number of carbonyl (C=O) groups is 1. The molecular formula is C14H16BrN3O3S. The van der Waals surface area contributed by atoms with E-state index >= 15 is 0 Å². The predicted molar refractivity (Wildman–Crippen MR) is 87.2 cm³/mol. The molecule has 2 aromatic rings. The SMILES string of the molecule is Cn1ccc(NC(=O)C(C)(C)S(=O)(=O)c2ccc(Br)cc2)n1. The molecule has 1 aromatic heterocycles. The van der Waals surface area contributed by atoms with Crippen molar-refractivity contribution >= 4 is 37.5 Å². The molecule has 0 saturated carbocycles. The maximum atomic E-state index is 12.7. The first-order valence-electron chi connectivity index (χ1n) is 6.46. The minimum Gasteiger partial charge on any atom is -0.308 e. The van der Waals surface area contributed by atoms with Crippen molar-refractivity contribution < 1.29 is 13.2 Å². The highest BCUT2D eigenvalue weighted by Gasteiger charge is 2.43. The van der Waals surface area contributed by atoms with E-state index in [1.54, 1.807) is 31.4 Å². The minimum absolute atomic E-state index is 0.0943. The maximum absolute atomic E-state index is 12.7. The van der Waals surface area contributed by atoms with E-state index in [0.29, 0.717) is 5.82 Å². The highest BCUT2D eigenvalue weighted by Crippen LogP contribution is 2.27. The van der Waals surface area contributed by atoms with Crippen molar-refractivity contribution in [1.82, 2.24) is 9.78 Å². The standard InChI is InChI=1S/C14H16BrN3O3S/c1-14(2,13(19)16-12-8-9-18(3)17-12)22(20,21)11-6-4-10(15)5-7-11/h4-9H,1-3H3,(H,16,17,19). The molecule has 6 nitrogen and oxygen atoms in total. The molecule has 0 radical (unpaired) electrons. The van der Waals surface area contributed by atoms with E-state index in [9.17, 15) is 13.2 Å². The number of halogens is 1. The maximum Gasteiger partial charge on any atom is 0.246 e. The Balaban J connectivity index is 2.31. The van der Waals surface area contributed by atoms with Gasteiger partial charge in [0, 0.05) is 23.8 Å². The summed E-state index contributed by atoms with van der Waals surface area (Å²) >= 11 is 3.25.